The smallest absolute Gasteiger partial charge is 0.338 e. The Labute approximate surface area is 151 Å². The zero-order valence-corrected chi connectivity index (χ0v) is 13.8. The zero-order chi connectivity index (χ0) is 18.8. The van der Waals surface area contributed by atoms with Crippen molar-refractivity contribution in [1.82, 2.24) is 0 Å². The minimum absolute atomic E-state index is 0.00798. The van der Waals surface area contributed by atoms with E-state index in [0.29, 0.717) is 11.5 Å². The molecule has 1 aliphatic rings. The van der Waals surface area contributed by atoms with E-state index in [4.69, 9.17) is 31.5 Å². The number of fused-ring (bicyclic) bond motifs is 1. The first-order valence-electron chi connectivity index (χ1n) is 7.20. The van der Waals surface area contributed by atoms with E-state index >= 15 is 0 Å². The summed E-state index contributed by atoms with van der Waals surface area (Å²) < 4.78 is 15.4. The average Bonchev–Trinajstić information content (AvgIpc) is 3.08. The van der Waals surface area contributed by atoms with E-state index in [2.05, 4.69) is 0 Å². The van der Waals surface area contributed by atoms with E-state index in [1.54, 1.807) is 0 Å². The summed E-state index contributed by atoms with van der Waals surface area (Å²) in [5, 5.41) is 11.3. The highest BCUT2D eigenvalue weighted by molar-refractivity contribution is 6.32. The molecular formula is C16H11ClN2O7. The largest absolute Gasteiger partial charge is 0.457 e. The van der Waals surface area contributed by atoms with Crippen LogP contribution < -0.4 is 15.2 Å². The third kappa shape index (κ3) is 3.38. The van der Waals surface area contributed by atoms with Gasteiger partial charge in [0, 0.05) is 11.6 Å². The molecule has 2 aromatic rings. The SMILES string of the molecule is NC(=O)c1ccc(COC(=O)c2cc(Cl)c3c(c2)OCO3)c([N+](=O)[O-])c1. The van der Waals surface area contributed by atoms with Crippen molar-refractivity contribution in [1.29, 1.82) is 0 Å². The van der Waals surface area contributed by atoms with E-state index in [9.17, 15) is 19.7 Å². The van der Waals surface area contributed by atoms with Crippen LogP contribution >= 0.6 is 11.6 Å². The highest BCUT2D eigenvalue weighted by Gasteiger charge is 2.22. The Morgan fingerprint density at radius 3 is 2.69 bits per heavy atom. The maximum atomic E-state index is 12.2. The molecule has 1 amide bonds. The zero-order valence-electron chi connectivity index (χ0n) is 13.1. The number of hydrogen-bond donors (Lipinski definition) is 1. The second-order valence-electron chi connectivity index (χ2n) is 5.23. The molecule has 0 fully saturated rings. The summed E-state index contributed by atoms with van der Waals surface area (Å²) in [7, 11) is 0. The van der Waals surface area contributed by atoms with Crippen LogP contribution in [0, 0.1) is 10.1 Å². The summed E-state index contributed by atoms with van der Waals surface area (Å²) in [6.45, 7) is -0.383. The fourth-order valence-corrected chi connectivity index (χ4v) is 2.59. The Hall–Kier alpha value is -3.33. The van der Waals surface area contributed by atoms with Gasteiger partial charge in [0.25, 0.3) is 5.69 Å². The molecule has 0 bridgehead atoms. The van der Waals surface area contributed by atoms with Gasteiger partial charge in [0.05, 0.1) is 21.1 Å². The van der Waals surface area contributed by atoms with E-state index in [1.165, 1.54) is 24.3 Å². The topological polar surface area (TPSA) is 131 Å². The van der Waals surface area contributed by atoms with Gasteiger partial charge in [0.1, 0.15) is 6.61 Å². The number of ether oxygens (including phenoxy) is 3. The van der Waals surface area contributed by atoms with Crippen LogP contribution in [0.2, 0.25) is 5.02 Å². The summed E-state index contributed by atoms with van der Waals surface area (Å²) >= 11 is 6.00. The minimum Gasteiger partial charge on any atom is -0.457 e. The van der Waals surface area contributed by atoms with Gasteiger partial charge in [0.15, 0.2) is 11.5 Å². The summed E-state index contributed by atoms with van der Waals surface area (Å²) in [5.74, 6) is -0.910. The van der Waals surface area contributed by atoms with Crippen LogP contribution in [0.25, 0.3) is 0 Å². The van der Waals surface area contributed by atoms with Gasteiger partial charge in [-0.05, 0) is 24.3 Å². The lowest BCUT2D eigenvalue weighted by atomic mass is 10.1. The van der Waals surface area contributed by atoms with Crippen molar-refractivity contribution in [2.45, 2.75) is 6.61 Å². The predicted molar refractivity (Wildman–Crippen MR) is 88.3 cm³/mol. The Kier molecular flexibility index (Phi) is 4.63. The summed E-state index contributed by atoms with van der Waals surface area (Å²) in [6, 6.07) is 6.40. The molecule has 1 aliphatic heterocycles. The number of rotatable bonds is 5. The number of primary amides is 1. The first-order valence-corrected chi connectivity index (χ1v) is 7.58. The molecule has 26 heavy (non-hydrogen) atoms. The molecular weight excluding hydrogens is 368 g/mol. The molecule has 0 spiro atoms. The number of carbonyl (C=O) groups excluding carboxylic acids is 2. The van der Waals surface area contributed by atoms with Crippen LogP contribution in [0.5, 0.6) is 11.5 Å². The molecule has 0 atom stereocenters. The van der Waals surface area contributed by atoms with Crippen LogP contribution in [-0.2, 0) is 11.3 Å². The number of amides is 1. The molecule has 9 nitrogen and oxygen atoms in total. The highest BCUT2D eigenvalue weighted by Crippen LogP contribution is 2.40. The fraction of sp³-hybridized carbons (Fsp3) is 0.125. The highest BCUT2D eigenvalue weighted by atomic mass is 35.5. The molecule has 10 heteroatoms. The summed E-state index contributed by atoms with van der Waals surface area (Å²) in [6.07, 6.45) is 0. The summed E-state index contributed by atoms with van der Waals surface area (Å²) in [5.41, 5.74) is 4.93. The van der Waals surface area contributed by atoms with Crippen LogP contribution in [0.15, 0.2) is 30.3 Å². The van der Waals surface area contributed by atoms with Gasteiger partial charge in [-0.15, -0.1) is 0 Å². The van der Waals surface area contributed by atoms with Crippen molar-refractivity contribution in [3.8, 4) is 11.5 Å². The number of hydrogen-bond acceptors (Lipinski definition) is 7. The van der Waals surface area contributed by atoms with Crippen molar-refractivity contribution >= 4 is 29.2 Å². The lowest BCUT2D eigenvalue weighted by Gasteiger charge is -2.08. The molecule has 0 aromatic heterocycles. The third-order valence-electron chi connectivity index (χ3n) is 3.59. The number of carbonyl (C=O) groups is 2. The molecule has 0 saturated carbocycles. The number of nitrogens with zero attached hydrogens (tertiary/aromatic N) is 1. The van der Waals surface area contributed by atoms with Crippen LogP contribution in [-0.4, -0.2) is 23.6 Å². The van der Waals surface area contributed by atoms with Gasteiger partial charge in [-0.1, -0.05) is 11.6 Å². The number of nitrogens with two attached hydrogens (primary N) is 1. The van der Waals surface area contributed by atoms with Crippen LogP contribution in [0.3, 0.4) is 0 Å². The predicted octanol–water partition coefficient (Wildman–Crippen LogP) is 2.43. The Morgan fingerprint density at radius 1 is 1.23 bits per heavy atom. The second kappa shape index (κ2) is 6.89. The minimum atomic E-state index is -0.799. The van der Waals surface area contributed by atoms with Crippen molar-refractivity contribution in [3.63, 3.8) is 0 Å². The molecule has 1 heterocycles. The lowest BCUT2D eigenvalue weighted by molar-refractivity contribution is -0.385. The van der Waals surface area contributed by atoms with E-state index < -0.39 is 16.8 Å². The maximum absolute atomic E-state index is 12.2. The Morgan fingerprint density at radius 2 is 2.00 bits per heavy atom. The average molecular weight is 379 g/mol. The van der Waals surface area contributed by atoms with Gasteiger partial charge in [-0.2, -0.15) is 0 Å². The van der Waals surface area contributed by atoms with Gasteiger partial charge < -0.3 is 19.9 Å². The lowest BCUT2D eigenvalue weighted by Crippen LogP contribution is -2.12. The monoisotopic (exact) mass is 378 g/mol. The number of halogens is 1. The number of nitro groups is 1. The number of esters is 1. The third-order valence-corrected chi connectivity index (χ3v) is 3.87. The maximum Gasteiger partial charge on any atom is 0.338 e. The van der Waals surface area contributed by atoms with Crippen LogP contribution in [0.1, 0.15) is 26.3 Å². The quantitative estimate of drug-likeness (QED) is 0.480. The number of benzene rings is 2. The molecule has 2 aromatic carbocycles. The second-order valence-corrected chi connectivity index (χ2v) is 5.64. The molecule has 0 unspecified atom stereocenters. The molecule has 0 saturated heterocycles. The Bertz CT molecular complexity index is 929. The van der Waals surface area contributed by atoms with E-state index in [-0.39, 0.29) is 40.8 Å². The van der Waals surface area contributed by atoms with E-state index in [0.717, 1.165) is 6.07 Å². The molecule has 2 N–H and O–H groups in total. The standard InChI is InChI=1S/C16H11ClN2O7/c17-11-3-10(5-13-14(11)26-7-25-13)16(21)24-6-9-2-1-8(15(18)20)4-12(9)19(22)23/h1-5H,6-7H2,(H2,18,20). The van der Waals surface area contributed by atoms with Gasteiger partial charge in [-0.3, -0.25) is 14.9 Å². The van der Waals surface area contributed by atoms with Crippen molar-refractivity contribution in [2.75, 3.05) is 6.79 Å². The fourth-order valence-electron chi connectivity index (χ4n) is 2.32. The first kappa shape index (κ1) is 17.5. The van der Waals surface area contributed by atoms with Crippen LogP contribution in [0.4, 0.5) is 5.69 Å². The van der Waals surface area contributed by atoms with Crippen molar-refractivity contribution < 1.29 is 28.7 Å². The first-order chi connectivity index (χ1) is 12.4. The molecule has 134 valence electrons. The van der Waals surface area contributed by atoms with Crippen molar-refractivity contribution in [2.24, 2.45) is 5.73 Å². The van der Waals surface area contributed by atoms with E-state index in [1.807, 2.05) is 0 Å². The van der Waals surface area contributed by atoms with Gasteiger partial charge >= 0.3 is 5.97 Å². The normalized spacial score (nSPS) is 11.9. The van der Waals surface area contributed by atoms with Crippen molar-refractivity contribution in [3.05, 3.63) is 62.2 Å². The number of nitro benzene ring substituents is 1. The van der Waals surface area contributed by atoms with Gasteiger partial charge in [0.2, 0.25) is 12.7 Å². The summed E-state index contributed by atoms with van der Waals surface area (Å²) in [4.78, 5) is 33.8. The molecule has 0 radical (unpaired) electrons. The molecule has 0 aliphatic carbocycles. The molecule has 3 rings (SSSR count). The Balaban J connectivity index is 1.79. The van der Waals surface area contributed by atoms with Gasteiger partial charge in [-0.25, -0.2) is 4.79 Å².